The Hall–Kier alpha value is -3.36. The van der Waals surface area contributed by atoms with Gasteiger partial charge in [0.1, 0.15) is 0 Å². The fraction of sp³-hybridized carbons (Fsp3) is 0.0909. The van der Waals surface area contributed by atoms with Gasteiger partial charge in [0.2, 0.25) is 0 Å². The zero-order valence-electron chi connectivity index (χ0n) is 16.7. The molecule has 0 aliphatic rings. The minimum absolute atomic E-state index is 0.000682. The Morgan fingerprint density at radius 3 is 1.97 bits per heavy atom. The number of hydrogen-bond donors (Lipinski definition) is 1. The molecular formula is C22H19ClN2O5S. The van der Waals surface area contributed by atoms with Crippen LogP contribution in [-0.4, -0.2) is 34.5 Å². The summed E-state index contributed by atoms with van der Waals surface area (Å²) in [5.74, 6) is -0.777. The first kappa shape index (κ1) is 22.3. The van der Waals surface area contributed by atoms with Crippen molar-refractivity contribution in [1.82, 2.24) is 0 Å². The number of rotatable bonds is 6. The third-order valence-corrected chi connectivity index (χ3v) is 6.14. The van der Waals surface area contributed by atoms with Crippen molar-refractivity contribution in [3.05, 3.63) is 88.9 Å². The average molecular weight is 459 g/mol. The van der Waals surface area contributed by atoms with E-state index in [1.807, 2.05) is 0 Å². The van der Waals surface area contributed by atoms with E-state index < -0.39 is 16.0 Å². The third-order valence-electron chi connectivity index (χ3n) is 4.49. The third kappa shape index (κ3) is 5.22. The van der Waals surface area contributed by atoms with E-state index in [1.165, 1.54) is 36.3 Å². The van der Waals surface area contributed by atoms with Gasteiger partial charge in [-0.2, -0.15) is 0 Å². The number of nitrogens with one attached hydrogen (secondary N) is 1. The SMILES string of the molecule is COC(=O)c1ccc(S(=O)(=O)Nc2ccc(N(C)C(=O)c3ccc(Cl)cc3)cc2)cc1. The molecule has 0 saturated heterocycles. The molecule has 0 heterocycles. The Kier molecular flexibility index (Phi) is 6.62. The molecule has 0 spiro atoms. The molecule has 0 unspecified atom stereocenters. The minimum Gasteiger partial charge on any atom is -0.465 e. The summed E-state index contributed by atoms with van der Waals surface area (Å²) in [5, 5.41) is 0.538. The lowest BCUT2D eigenvalue weighted by Gasteiger charge is -2.18. The fourth-order valence-corrected chi connectivity index (χ4v) is 3.94. The Morgan fingerprint density at radius 1 is 0.871 bits per heavy atom. The van der Waals surface area contributed by atoms with E-state index in [0.29, 0.717) is 22.0 Å². The number of benzene rings is 3. The number of halogens is 1. The first-order chi connectivity index (χ1) is 14.7. The van der Waals surface area contributed by atoms with Crippen LogP contribution in [0.4, 0.5) is 11.4 Å². The summed E-state index contributed by atoms with van der Waals surface area (Å²) in [6.07, 6.45) is 0. The van der Waals surface area contributed by atoms with Gasteiger partial charge in [0.15, 0.2) is 0 Å². The lowest BCUT2D eigenvalue weighted by molar-refractivity contribution is 0.0600. The summed E-state index contributed by atoms with van der Waals surface area (Å²) >= 11 is 5.85. The zero-order chi connectivity index (χ0) is 22.6. The van der Waals surface area contributed by atoms with Crippen molar-refractivity contribution in [2.24, 2.45) is 0 Å². The summed E-state index contributed by atoms with van der Waals surface area (Å²) < 4.78 is 32.2. The molecule has 0 aliphatic carbocycles. The molecule has 0 atom stereocenters. The molecule has 0 aromatic heterocycles. The highest BCUT2D eigenvalue weighted by molar-refractivity contribution is 7.92. The maximum atomic E-state index is 12.6. The molecule has 7 nitrogen and oxygen atoms in total. The molecule has 1 amide bonds. The van der Waals surface area contributed by atoms with Crippen LogP contribution in [0.3, 0.4) is 0 Å². The van der Waals surface area contributed by atoms with E-state index in [1.54, 1.807) is 55.6 Å². The average Bonchev–Trinajstić information content (AvgIpc) is 2.78. The van der Waals surface area contributed by atoms with Crippen LogP contribution in [0.1, 0.15) is 20.7 Å². The number of carbonyl (C=O) groups is 2. The maximum absolute atomic E-state index is 12.6. The van der Waals surface area contributed by atoms with Crippen LogP contribution >= 0.6 is 11.6 Å². The molecule has 160 valence electrons. The minimum atomic E-state index is -3.85. The second-order valence-corrected chi connectivity index (χ2v) is 8.66. The number of sulfonamides is 1. The molecular weight excluding hydrogens is 440 g/mol. The van der Waals surface area contributed by atoms with Gasteiger partial charge in [-0.15, -0.1) is 0 Å². The van der Waals surface area contributed by atoms with Crippen molar-refractivity contribution < 1.29 is 22.7 Å². The number of methoxy groups -OCH3 is 1. The van der Waals surface area contributed by atoms with Crippen LogP contribution in [0.25, 0.3) is 0 Å². The smallest absolute Gasteiger partial charge is 0.337 e. The largest absolute Gasteiger partial charge is 0.465 e. The van der Waals surface area contributed by atoms with Gasteiger partial charge >= 0.3 is 5.97 Å². The van der Waals surface area contributed by atoms with Gasteiger partial charge in [-0.3, -0.25) is 9.52 Å². The summed E-state index contributed by atoms with van der Waals surface area (Å²) in [5.41, 5.74) is 1.64. The van der Waals surface area contributed by atoms with Crippen molar-refractivity contribution in [3.63, 3.8) is 0 Å². The molecule has 31 heavy (non-hydrogen) atoms. The Bertz CT molecular complexity index is 1190. The second-order valence-electron chi connectivity index (χ2n) is 6.54. The Morgan fingerprint density at radius 2 is 1.42 bits per heavy atom. The summed E-state index contributed by atoms with van der Waals surface area (Å²) in [7, 11) is -0.982. The molecule has 0 radical (unpaired) electrons. The number of hydrogen-bond acceptors (Lipinski definition) is 5. The molecule has 3 aromatic carbocycles. The first-order valence-corrected chi connectivity index (χ1v) is 10.9. The van der Waals surface area contributed by atoms with E-state index >= 15 is 0 Å². The summed E-state index contributed by atoms with van der Waals surface area (Å²) in [6.45, 7) is 0. The van der Waals surface area contributed by atoms with Crippen LogP contribution in [-0.2, 0) is 14.8 Å². The van der Waals surface area contributed by atoms with E-state index in [-0.39, 0.29) is 16.4 Å². The number of ether oxygens (including phenoxy) is 1. The monoisotopic (exact) mass is 458 g/mol. The molecule has 9 heteroatoms. The second kappa shape index (κ2) is 9.20. The number of carbonyl (C=O) groups excluding carboxylic acids is 2. The van der Waals surface area contributed by atoms with Gasteiger partial charge < -0.3 is 9.64 Å². The van der Waals surface area contributed by atoms with Crippen molar-refractivity contribution >= 4 is 44.9 Å². The van der Waals surface area contributed by atoms with Crippen LogP contribution in [0.5, 0.6) is 0 Å². The predicted molar refractivity (Wildman–Crippen MR) is 119 cm³/mol. The quantitative estimate of drug-likeness (QED) is 0.559. The highest BCUT2D eigenvalue weighted by Gasteiger charge is 2.17. The fourth-order valence-electron chi connectivity index (χ4n) is 2.76. The standard InChI is InChI=1S/C22H19ClN2O5S/c1-25(21(26)15-3-7-17(23)8-4-15)19-11-9-18(10-12-19)24-31(28,29)20-13-5-16(6-14-20)22(27)30-2/h3-14,24H,1-2H3. The van der Waals surface area contributed by atoms with E-state index in [4.69, 9.17) is 11.6 Å². The summed E-state index contributed by atoms with van der Waals surface area (Å²) in [6, 6.07) is 18.3. The molecule has 0 fully saturated rings. The van der Waals surface area contributed by atoms with Gasteiger partial charge in [0.05, 0.1) is 17.6 Å². The molecule has 0 aliphatic heterocycles. The number of nitrogens with zero attached hydrogens (tertiary/aromatic N) is 1. The molecule has 0 bridgehead atoms. The van der Waals surface area contributed by atoms with Crippen LogP contribution < -0.4 is 9.62 Å². The van der Waals surface area contributed by atoms with Crippen molar-refractivity contribution in [1.29, 1.82) is 0 Å². The topological polar surface area (TPSA) is 92.8 Å². The maximum Gasteiger partial charge on any atom is 0.337 e. The van der Waals surface area contributed by atoms with Crippen molar-refractivity contribution in [2.45, 2.75) is 4.90 Å². The van der Waals surface area contributed by atoms with Crippen LogP contribution in [0, 0.1) is 0 Å². The Labute approximate surface area is 185 Å². The van der Waals surface area contributed by atoms with Gasteiger partial charge in [0.25, 0.3) is 15.9 Å². The van der Waals surface area contributed by atoms with E-state index in [0.717, 1.165) is 0 Å². The molecule has 0 saturated carbocycles. The first-order valence-electron chi connectivity index (χ1n) is 9.06. The number of anilines is 2. The van der Waals surface area contributed by atoms with Crippen LogP contribution in [0.15, 0.2) is 77.7 Å². The highest BCUT2D eigenvalue weighted by Crippen LogP contribution is 2.22. The summed E-state index contributed by atoms with van der Waals surface area (Å²) in [4.78, 5) is 25.5. The Balaban J connectivity index is 1.72. The molecule has 3 rings (SSSR count). The van der Waals surface area contributed by atoms with E-state index in [2.05, 4.69) is 9.46 Å². The van der Waals surface area contributed by atoms with E-state index in [9.17, 15) is 18.0 Å². The van der Waals surface area contributed by atoms with Gasteiger partial charge in [-0.1, -0.05) is 11.6 Å². The highest BCUT2D eigenvalue weighted by atomic mass is 35.5. The molecule has 3 aromatic rings. The van der Waals surface area contributed by atoms with Gasteiger partial charge in [-0.05, 0) is 72.8 Å². The lowest BCUT2D eigenvalue weighted by Crippen LogP contribution is -2.26. The molecule has 1 N–H and O–H groups in total. The van der Waals surface area contributed by atoms with Crippen LogP contribution in [0.2, 0.25) is 5.02 Å². The predicted octanol–water partition coefficient (Wildman–Crippen LogP) is 4.20. The van der Waals surface area contributed by atoms with Gasteiger partial charge in [0, 0.05) is 29.0 Å². The zero-order valence-corrected chi connectivity index (χ0v) is 18.3. The van der Waals surface area contributed by atoms with Crippen molar-refractivity contribution in [3.8, 4) is 0 Å². The number of esters is 1. The number of amides is 1. The van der Waals surface area contributed by atoms with Crippen molar-refractivity contribution in [2.75, 3.05) is 23.8 Å². The van der Waals surface area contributed by atoms with Gasteiger partial charge in [-0.25, -0.2) is 13.2 Å². The lowest BCUT2D eigenvalue weighted by atomic mass is 10.2. The normalized spacial score (nSPS) is 10.9.